The third-order valence-electron chi connectivity index (χ3n) is 4.67. The van der Waals surface area contributed by atoms with Gasteiger partial charge in [0.2, 0.25) is 0 Å². The van der Waals surface area contributed by atoms with Crippen LogP contribution in [0.4, 0.5) is 11.5 Å². The van der Waals surface area contributed by atoms with Gasteiger partial charge < -0.3 is 5.32 Å². The number of nitro benzene ring substituents is 1. The Hall–Kier alpha value is -3.64. The van der Waals surface area contributed by atoms with Gasteiger partial charge in [0, 0.05) is 46.6 Å². The van der Waals surface area contributed by atoms with Crippen molar-refractivity contribution in [3.05, 3.63) is 75.2 Å². The highest BCUT2D eigenvalue weighted by atomic mass is 32.2. The third-order valence-corrected chi connectivity index (χ3v) is 6.80. The topological polar surface area (TPSA) is 129 Å². The second kappa shape index (κ2) is 9.31. The number of aryl methyl sites for hydroxylation is 1. The number of nitro groups is 1. The summed E-state index contributed by atoms with van der Waals surface area (Å²) in [4.78, 5) is 37.5. The molecular weight excluding hydrogens is 474 g/mol. The van der Waals surface area contributed by atoms with Crippen LogP contribution in [0.3, 0.4) is 0 Å². The lowest BCUT2D eigenvalue weighted by atomic mass is 9.92. The fourth-order valence-electron chi connectivity index (χ4n) is 2.94. The molecule has 12 heteroatoms. The molecule has 0 saturated heterocycles. The number of thiazole rings is 1. The Kier molecular flexibility index (Phi) is 6.44. The molecule has 0 atom stereocenters. The van der Waals surface area contributed by atoms with Crippen molar-refractivity contribution in [2.75, 3.05) is 5.32 Å². The highest BCUT2D eigenvalue weighted by molar-refractivity contribution is 8.01. The zero-order valence-corrected chi connectivity index (χ0v) is 20.5. The first-order valence-corrected chi connectivity index (χ1v) is 11.9. The van der Waals surface area contributed by atoms with Gasteiger partial charge >= 0.3 is 0 Å². The lowest BCUT2D eigenvalue weighted by Gasteiger charge is -2.13. The van der Waals surface area contributed by atoms with E-state index in [4.69, 9.17) is 0 Å². The Morgan fingerprint density at radius 3 is 2.56 bits per heavy atom. The number of hydrogen-bond donors (Lipinski definition) is 1. The molecule has 1 N–H and O–H groups in total. The summed E-state index contributed by atoms with van der Waals surface area (Å²) in [5.74, 6) is 0.146. The van der Waals surface area contributed by atoms with Crippen LogP contribution in [0.5, 0.6) is 0 Å². The number of benzene rings is 1. The van der Waals surface area contributed by atoms with Gasteiger partial charge in [-0.15, -0.1) is 11.3 Å². The number of rotatable bonds is 6. The van der Waals surface area contributed by atoms with Crippen molar-refractivity contribution in [1.29, 1.82) is 0 Å². The molecule has 3 aromatic heterocycles. The zero-order chi connectivity index (χ0) is 24.5. The largest absolute Gasteiger partial charge is 0.306 e. The molecular formula is C22H21N7O3S2. The molecule has 0 aliphatic rings. The number of anilines is 1. The summed E-state index contributed by atoms with van der Waals surface area (Å²) in [6, 6.07) is 7.81. The Labute approximate surface area is 203 Å². The van der Waals surface area contributed by atoms with Crippen molar-refractivity contribution in [3.63, 3.8) is 0 Å². The molecule has 10 nitrogen and oxygen atoms in total. The molecule has 0 aliphatic heterocycles. The van der Waals surface area contributed by atoms with Crippen LogP contribution in [0, 0.1) is 17.0 Å². The molecule has 0 spiro atoms. The number of nitrogens with one attached hydrogen (secondary N) is 1. The monoisotopic (exact) mass is 495 g/mol. The molecule has 0 fully saturated rings. The van der Waals surface area contributed by atoms with Gasteiger partial charge in [-0.2, -0.15) is 9.78 Å². The van der Waals surface area contributed by atoms with E-state index in [0.29, 0.717) is 21.0 Å². The van der Waals surface area contributed by atoms with Gasteiger partial charge in [-0.1, -0.05) is 32.5 Å². The van der Waals surface area contributed by atoms with Crippen molar-refractivity contribution in [3.8, 4) is 5.95 Å². The lowest BCUT2D eigenvalue weighted by molar-refractivity contribution is -0.387. The van der Waals surface area contributed by atoms with E-state index in [1.807, 2.05) is 33.1 Å². The second-order valence-corrected chi connectivity index (χ2v) is 10.5. The van der Waals surface area contributed by atoms with E-state index in [1.54, 1.807) is 36.7 Å². The van der Waals surface area contributed by atoms with Crippen molar-refractivity contribution < 1.29 is 9.72 Å². The van der Waals surface area contributed by atoms with Crippen LogP contribution in [0.1, 0.15) is 42.5 Å². The first-order valence-electron chi connectivity index (χ1n) is 10.2. The average Bonchev–Trinajstić information content (AvgIpc) is 3.40. The minimum Gasteiger partial charge on any atom is -0.306 e. The molecule has 3 heterocycles. The number of nitrogens with zero attached hydrogens (tertiary/aromatic N) is 6. The average molecular weight is 496 g/mol. The second-order valence-electron chi connectivity index (χ2n) is 8.38. The van der Waals surface area contributed by atoms with Gasteiger partial charge in [-0.25, -0.2) is 15.0 Å². The zero-order valence-electron chi connectivity index (χ0n) is 18.8. The first kappa shape index (κ1) is 23.5. The minimum atomic E-state index is -0.512. The Bertz CT molecular complexity index is 1360. The van der Waals surface area contributed by atoms with Gasteiger partial charge in [-0.05, 0) is 25.1 Å². The van der Waals surface area contributed by atoms with E-state index >= 15 is 0 Å². The number of hydrogen-bond acceptors (Lipinski definition) is 9. The van der Waals surface area contributed by atoms with Crippen LogP contribution in [-0.2, 0) is 5.41 Å². The quantitative estimate of drug-likeness (QED) is 0.291. The molecule has 0 aliphatic carbocycles. The first-order chi connectivity index (χ1) is 16.1. The normalized spacial score (nSPS) is 11.4. The van der Waals surface area contributed by atoms with E-state index in [1.165, 1.54) is 33.8 Å². The van der Waals surface area contributed by atoms with E-state index in [0.717, 1.165) is 11.4 Å². The van der Waals surface area contributed by atoms with Crippen molar-refractivity contribution >= 4 is 40.5 Å². The summed E-state index contributed by atoms with van der Waals surface area (Å²) in [7, 11) is 0. The maximum absolute atomic E-state index is 13.1. The van der Waals surface area contributed by atoms with Gasteiger partial charge in [0.25, 0.3) is 17.5 Å². The van der Waals surface area contributed by atoms with E-state index in [9.17, 15) is 14.9 Å². The van der Waals surface area contributed by atoms with Crippen LogP contribution in [0.15, 0.2) is 57.3 Å². The Morgan fingerprint density at radius 1 is 1.21 bits per heavy atom. The minimum absolute atomic E-state index is 0.144. The molecule has 4 aromatic rings. The van der Waals surface area contributed by atoms with Crippen LogP contribution in [-0.4, -0.2) is 35.6 Å². The number of carbonyl (C=O) groups is 1. The SMILES string of the molecule is Cc1csc(Sc2ccc(C(=O)Nc3cc(C(C)(C)C)nn3-c3ncccn3)cc2[N+](=O)[O-])n1. The summed E-state index contributed by atoms with van der Waals surface area (Å²) in [5, 5.41) is 21.0. The molecule has 34 heavy (non-hydrogen) atoms. The van der Waals surface area contributed by atoms with Gasteiger partial charge in [0.15, 0.2) is 4.34 Å². The molecule has 4 rings (SSSR count). The fourth-order valence-corrected chi connectivity index (χ4v) is 4.82. The number of carbonyl (C=O) groups excluding carboxylic acids is 1. The van der Waals surface area contributed by atoms with E-state index < -0.39 is 10.8 Å². The van der Waals surface area contributed by atoms with E-state index in [-0.39, 0.29) is 16.7 Å². The third kappa shape index (κ3) is 5.13. The smallest absolute Gasteiger partial charge is 0.284 e. The van der Waals surface area contributed by atoms with Crippen molar-refractivity contribution in [2.45, 2.75) is 42.3 Å². The summed E-state index contributed by atoms with van der Waals surface area (Å²) >= 11 is 2.61. The van der Waals surface area contributed by atoms with Gasteiger partial charge in [0.05, 0.1) is 15.5 Å². The number of amides is 1. The summed E-state index contributed by atoms with van der Waals surface area (Å²) < 4.78 is 2.14. The molecule has 1 aromatic carbocycles. The molecule has 0 radical (unpaired) electrons. The summed E-state index contributed by atoms with van der Waals surface area (Å²) in [6.45, 7) is 7.86. The molecule has 174 valence electrons. The highest BCUT2D eigenvalue weighted by Crippen LogP contribution is 2.37. The number of aromatic nitrogens is 5. The Morgan fingerprint density at radius 2 is 1.94 bits per heavy atom. The van der Waals surface area contributed by atoms with Gasteiger partial charge in [0.1, 0.15) is 5.82 Å². The van der Waals surface area contributed by atoms with Crippen LogP contribution in [0.2, 0.25) is 0 Å². The van der Waals surface area contributed by atoms with Crippen LogP contribution >= 0.6 is 23.1 Å². The predicted octanol–water partition coefficient (Wildman–Crippen LogP) is 5.04. The maximum Gasteiger partial charge on any atom is 0.284 e. The van der Waals surface area contributed by atoms with Gasteiger partial charge in [-0.3, -0.25) is 14.9 Å². The summed E-state index contributed by atoms with van der Waals surface area (Å²) in [6.07, 6.45) is 3.16. The highest BCUT2D eigenvalue weighted by Gasteiger charge is 2.24. The molecule has 0 saturated carbocycles. The van der Waals surface area contributed by atoms with Crippen LogP contribution in [0.25, 0.3) is 5.95 Å². The fraction of sp³-hybridized carbons (Fsp3) is 0.227. The molecule has 0 unspecified atom stereocenters. The predicted molar refractivity (Wildman–Crippen MR) is 130 cm³/mol. The van der Waals surface area contributed by atoms with Crippen molar-refractivity contribution in [1.82, 2.24) is 24.7 Å². The summed E-state index contributed by atoms with van der Waals surface area (Å²) in [5.41, 5.74) is 1.27. The molecule has 1 amide bonds. The standard InChI is InChI=1S/C22H21N7O3S2/c1-13-12-33-21(25-13)34-16-7-6-14(10-15(16)29(31)32)19(30)26-18-11-17(22(2,3)4)27-28(18)20-23-8-5-9-24-20/h5-12H,1-4H3,(H,26,30). The lowest BCUT2D eigenvalue weighted by Crippen LogP contribution is -2.16. The van der Waals surface area contributed by atoms with E-state index in [2.05, 4.69) is 25.4 Å². The van der Waals surface area contributed by atoms with Crippen molar-refractivity contribution in [2.24, 2.45) is 0 Å². The van der Waals surface area contributed by atoms with Crippen LogP contribution < -0.4 is 5.32 Å². The molecule has 0 bridgehead atoms. The maximum atomic E-state index is 13.1. The Balaban J connectivity index is 1.65.